The Bertz CT molecular complexity index is 1110. The summed E-state index contributed by atoms with van der Waals surface area (Å²) in [5.41, 5.74) is 0.578. The Labute approximate surface area is 170 Å². The molecule has 1 heterocycles. The number of nitrogens with one attached hydrogen (secondary N) is 2. The number of likely N-dealkylation sites (N-methyl/N-ethyl adjacent to an activating group) is 1. The molecule has 1 aromatic heterocycles. The van der Waals surface area contributed by atoms with Crippen LogP contribution in [0.3, 0.4) is 0 Å². The Kier molecular flexibility index (Phi) is 5.96. The summed E-state index contributed by atoms with van der Waals surface area (Å²) in [4.78, 5) is 44.9. The topological polar surface area (TPSA) is 95.2 Å². The molecule has 2 amide bonds. The molecule has 0 bridgehead atoms. The molecule has 0 aliphatic carbocycles. The number of aromatic nitrogens is 2. The molecular formula is C19H16Cl2N4O3. The molecule has 0 unspecified atom stereocenters. The zero-order valence-corrected chi connectivity index (χ0v) is 16.3. The van der Waals surface area contributed by atoms with E-state index >= 15 is 0 Å². The summed E-state index contributed by atoms with van der Waals surface area (Å²) in [6.45, 7) is -0.116. The summed E-state index contributed by atoms with van der Waals surface area (Å²) in [6.07, 6.45) is 0. The van der Waals surface area contributed by atoms with Gasteiger partial charge < -0.3 is 15.2 Å². The van der Waals surface area contributed by atoms with Gasteiger partial charge in [0.05, 0.1) is 34.0 Å². The highest BCUT2D eigenvalue weighted by molar-refractivity contribution is 6.42. The number of aromatic amines is 1. The first-order valence-corrected chi connectivity index (χ1v) is 9.06. The molecule has 0 fully saturated rings. The van der Waals surface area contributed by atoms with E-state index in [1.807, 2.05) is 0 Å². The lowest BCUT2D eigenvalue weighted by atomic mass is 10.2. The summed E-state index contributed by atoms with van der Waals surface area (Å²) < 4.78 is 0. The van der Waals surface area contributed by atoms with Crippen molar-refractivity contribution < 1.29 is 9.59 Å². The molecule has 0 saturated carbocycles. The van der Waals surface area contributed by atoms with Gasteiger partial charge in [0.25, 0.3) is 11.5 Å². The van der Waals surface area contributed by atoms with Gasteiger partial charge in [-0.1, -0.05) is 35.3 Å². The van der Waals surface area contributed by atoms with Crippen LogP contribution in [0.5, 0.6) is 0 Å². The zero-order chi connectivity index (χ0) is 20.3. The van der Waals surface area contributed by atoms with E-state index in [0.717, 1.165) is 0 Å². The number of para-hydroxylation sites is 1. The molecule has 3 rings (SSSR count). The lowest BCUT2D eigenvalue weighted by molar-refractivity contribution is -0.129. The predicted molar refractivity (Wildman–Crippen MR) is 108 cm³/mol. The first-order chi connectivity index (χ1) is 13.3. The molecule has 0 radical (unpaired) electrons. The monoisotopic (exact) mass is 418 g/mol. The van der Waals surface area contributed by atoms with Gasteiger partial charge in [-0.25, -0.2) is 4.98 Å². The zero-order valence-electron chi connectivity index (χ0n) is 14.8. The molecular weight excluding hydrogens is 403 g/mol. The number of benzene rings is 2. The number of halogens is 2. The first-order valence-electron chi connectivity index (χ1n) is 8.30. The average molecular weight is 419 g/mol. The van der Waals surface area contributed by atoms with Crippen LogP contribution in [0.25, 0.3) is 10.9 Å². The van der Waals surface area contributed by atoms with Crippen molar-refractivity contribution in [3.05, 3.63) is 74.3 Å². The highest BCUT2D eigenvalue weighted by atomic mass is 35.5. The van der Waals surface area contributed by atoms with E-state index in [-0.39, 0.29) is 29.6 Å². The van der Waals surface area contributed by atoms with Crippen LogP contribution >= 0.6 is 23.2 Å². The third-order valence-electron chi connectivity index (χ3n) is 4.06. The van der Waals surface area contributed by atoms with Gasteiger partial charge in [-0.2, -0.15) is 0 Å². The number of hydrogen-bond donors (Lipinski definition) is 2. The van der Waals surface area contributed by atoms with Crippen molar-refractivity contribution in [3.8, 4) is 0 Å². The highest BCUT2D eigenvalue weighted by Crippen LogP contribution is 2.22. The summed E-state index contributed by atoms with van der Waals surface area (Å²) in [6, 6.07) is 11.4. The standard InChI is InChI=1S/C19H16Cl2N4O3/c1-25(10-16-23-15-5-3-2-4-12(15)19(28)24-16)17(26)9-22-18(27)11-6-7-13(20)14(21)8-11/h2-8H,9-10H2,1H3,(H,22,27)(H,23,24,28). The minimum absolute atomic E-state index is 0.0988. The largest absolute Gasteiger partial charge is 0.343 e. The molecule has 0 aliphatic heterocycles. The fraction of sp³-hybridized carbons (Fsp3) is 0.158. The number of hydrogen-bond acceptors (Lipinski definition) is 4. The molecule has 0 spiro atoms. The van der Waals surface area contributed by atoms with Gasteiger partial charge in [0.2, 0.25) is 5.91 Å². The number of H-pyrrole nitrogens is 1. The van der Waals surface area contributed by atoms with Gasteiger partial charge in [0.1, 0.15) is 5.82 Å². The molecule has 2 aromatic carbocycles. The number of carbonyl (C=O) groups excluding carboxylic acids is 2. The minimum atomic E-state index is -0.447. The van der Waals surface area contributed by atoms with Crippen molar-refractivity contribution in [1.82, 2.24) is 20.2 Å². The van der Waals surface area contributed by atoms with E-state index in [4.69, 9.17) is 23.2 Å². The number of fused-ring (bicyclic) bond motifs is 1. The molecule has 0 aliphatic rings. The van der Waals surface area contributed by atoms with Gasteiger partial charge in [-0.05, 0) is 30.3 Å². The maximum atomic E-state index is 12.3. The van der Waals surface area contributed by atoms with Gasteiger partial charge >= 0.3 is 0 Å². The molecule has 144 valence electrons. The lowest BCUT2D eigenvalue weighted by Crippen LogP contribution is -2.38. The van der Waals surface area contributed by atoms with E-state index < -0.39 is 5.91 Å². The van der Waals surface area contributed by atoms with Crippen molar-refractivity contribution in [2.24, 2.45) is 0 Å². The second-order valence-corrected chi connectivity index (χ2v) is 6.91. The highest BCUT2D eigenvalue weighted by Gasteiger charge is 2.14. The quantitative estimate of drug-likeness (QED) is 0.665. The number of rotatable bonds is 5. The van der Waals surface area contributed by atoms with Crippen LogP contribution in [0, 0.1) is 0 Å². The minimum Gasteiger partial charge on any atom is -0.343 e. The third kappa shape index (κ3) is 4.49. The van der Waals surface area contributed by atoms with Crippen LogP contribution in [-0.4, -0.2) is 40.3 Å². The fourth-order valence-electron chi connectivity index (χ4n) is 2.55. The van der Waals surface area contributed by atoms with Crippen molar-refractivity contribution in [2.75, 3.05) is 13.6 Å². The molecule has 0 saturated heterocycles. The molecule has 2 N–H and O–H groups in total. The first kappa shape index (κ1) is 19.9. The van der Waals surface area contributed by atoms with Gasteiger partial charge in [-0.15, -0.1) is 0 Å². The smallest absolute Gasteiger partial charge is 0.258 e. The van der Waals surface area contributed by atoms with Crippen LogP contribution in [0.15, 0.2) is 47.3 Å². The second kappa shape index (κ2) is 8.41. The summed E-state index contributed by atoms with van der Waals surface area (Å²) >= 11 is 11.7. The number of amides is 2. The van der Waals surface area contributed by atoms with E-state index in [9.17, 15) is 14.4 Å². The number of carbonyl (C=O) groups is 2. The van der Waals surface area contributed by atoms with Crippen molar-refractivity contribution in [1.29, 1.82) is 0 Å². The normalized spacial score (nSPS) is 10.7. The number of nitrogens with zero attached hydrogens (tertiary/aromatic N) is 2. The molecule has 0 atom stereocenters. The Balaban J connectivity index is 1.62. The SMILES string of the molecule is CN(Cc1nc2ccccc2c(=O)[nH]1)C(=O)CNC(=O)c1ccc(Cl)c(Cl)c1. The lowest BCUT2D eigenvalue weighted by Gasteiger charge is -2.17. The Morgan fingerprint density at radius 2 is 1.89 bits per heavy atom. The van der Waals surface area contributed by atoms with Crippen LogP contribution < -0.4 is 10.9 Å². The van der Waals surface area contributed by atoms with Crippen molar-refractivity contribution in [3.63, 3.8) is 0 Å². The fourth-order valence-corrected chi connectivity index (χ4v) is 2.85. The molecule has 7 nitrogen and oxygen atoms in total. The van der Waals surface area contributed by atoms with E-state index in [1.54, 1.807) is 31.3 Å². The van der Waals surface area contributed by atoms with E-state index in [2.05, 4.69) is 15.3 Å². The summed E-state index contributed by atoms with van der Waals surface area (Å²) in [7, 11) is 1.56. The molecule has 3 aromatic rings. The van der Waals surface area contributed by atoms with E-state index in [1.165, 1.54) is 23.1 Å². The van der Waals surface area contributed by atoms with Gasteiger partial charge in [-0.3, -0.25) is 14.4 Å². The summed E-state index contributed by atoms with van der Waals surface area (Å²) in [5.74, 6) is -0.433. The van der Waals surface area contributed by atoms with Crippen LogP contribution in [0.2, 0.25) is 10.0 Å². The summed E-state index contributed by atoms with van der Waals surface area (Å²) in [5, 5.41) is 3.60. The van der Waals surface area contributed by atoms with Crippen LogP contribution in [-0.2, 0) is 11.3 Å². The Morgan fingerprint density at radius 3 is 2.64 bits per heavy atom. The molecule has 28 heavy (non-hydrogen) atoms. The van der Waals surface area contributed by atoms with Crippen LogP contribution in [0.4, 0.5) is 0 Å². The predicted octanol–water partition coefficient (Wildman–Crippen LogP) is 2.62. The Hall–Kier alpha value is -2.90. The van der Waals surface area contributed by atoms with Crippen molar-refractivity contribution in [2.45, 2.75) is 6.54 Å². The van der Waals surface area contributed by atoms with Gasteiger partial charge in [0, 0.05) is 12.6 Å². The maximum Gasteiger partial charge on any atom is 0.258 e. The maximum absolute atomic E-state index is 12.3. The van der Waals surface area contributed by atoms with Crippen LogP contribution in [0.1, 0.15) is 16.2 Å². The van der Waals surface area contributed by atoms with Gasteiger partial charge in [0.15, 0.2) is 0 Å². The van der Waals surface area contributed by atoms with Crippen molar-refractivity contribution >= 4 is 45.9 Å². The second-order valence-electron chi connectivity index (χ2n) is 6.09. The average Bonchev–Trinajstić information content (AvgIpc) is 2.68. The molecule has 9 heteroatoms. The Morgan fingerprint density at radius 1 is 1.14 bits per heavy atom. The van der Waals surface area contributed by atoms with E-state index in [0.29, 0.717) is 27.3 Å². The third-order valence-corrected chi connectivity index (χ3v) is 4.80.